The number of ether oxygens (including phenoxy) is 2. The van der Waals surface area contributed by atoms with Crippen LogP contribution in [0.1, 0.15) is 32.6 Å². The molecular weight excluding hydrogens is 304 g/mol. The molecule has 0 amide bonds. The lowest BCUT2D eigenvalue weighted by molar-refractivity contribution is 0.0888. The third-order valence-electron chi connectivity index (χ3n) is 4.82. The van der Waals surface area contributed by atoms with Crippen LogP contribution in [-0.4, -0.2) is 77.1 Å². The van der Waals surface area contributed by atoms with Crippen molar-refractivity contribution in [2.45, 2.75) is 32.6 Å². The van der Waals surface area contributed by atoms with Crippen molar-refractivity contribution in [3.05, 3.63) is 0 Å². The van der Waals surface area contributed by atoms with E-state index in [1.165, 1.54) is 25.9 Å². The number of nitrogens with zero attached hydrogens (tertiary/aromatic N) is 2. The van der Waals surface area contributed by atoms with Crippen LogP contribution < -0.4 is 10.6 Å². The van der Waals surface area contributed by atoms with Crippen LogP contribution in [0.5, 0.6) is 0 Å². The van der Waals surface area contributed by atoms with E-state index in [1.54, 1.807) is 0 Å². The Balaban J connectivity index is 1.44. The number of hydrogen-bond donors (Lipinski definition) is 2. The van der Waals surface area contributed by atoms with Crippen molar-refractivity contribution >= 4 is 5.96 Å². The second-order valence-corrected chi connectivity index (χ2v) is 7.13. The van der Waals surface area contributed by atoms with Crippen molar-refractivity contribution in [1.82, 2.24) is 15.5 Å². The largest absolute Gasteiger partial charge is 0.381 e. The van der Waals surface area contributed by atoms with E-state index >= 15 is 0 Å². The molecule has 2 N–H and O–H groups in total. The van der Waals surface area contributed by atoms with Crippen LogP contribution in [0.15, 0.2) is 4.99 Å². The van der Waals surface area contributed by atoms with Crippen molar-refractivity contribution in [1.29, 1.82) is 0 Å². The Kier molecular flexibility index (Phi) is 9.46. The minimum absolute atomic E-state index is 0.602. The zero-order valence-electron chi connectivity index (χ0n) is 15.6. The first-order chi connectivity index (χ1) is 11.8. The number of guanidine groups is 1. The minimum atomic E-state index is 0.602. The summed E-state index contributed by atoms with van der Waals surface area (Å²) < 4.78 is 11.1. The Morgan fingerprint density at radius 1 is 1.29 bits per heavy atom. The molecule has 2 aliphatic heterocycles. The van der Waals surface area contributed by atoms with Gasteiger partial charge in [-0.1, -0.05) is 6.92 Å². The maximum atomic E-state index is 5.72. The Hall–Kier alpha value is -0.850. The van der Waals surface area contributed by atoms with Crippen molar-refractivity contribution in [2.24, 2.45) is 16.8 Å². The summed E-state index contributed by atoms with van der Waals surface area (Å²) in [5, 5.41) is 6.77. The number of hydrogen-bond acceptors (Lipinski definition) is 4. The van der Waals surface area contributed by atoms with Crippen molar-refractivity contribution in [2.75, 3.05) is 66.2 Å². The first kappa shape index (κ1) is 19.5. The van der Waals surface area contributed by atoms with Gasteiger partial charge in [-0.3, -0.25) is 4.99 Å². The summed E-state index contributed by atoms with van der Waals surface area (Å²) >= 11 is 0. The van der Waals surface area contributed by atoms with Gasteiger partial charge in [0.25, 0.3) is 0 Å². The molecule has 2 rings (SSSR count). The Bertz CT molecular complexity index is 359. The predicted octanol–water partition coefficient (Wildman–Crippen LogP) is 1.33. The molecule has 0 aromatic rings. The minimum Gasteiger partial charge on any atom is -0.381 e. The van der Waals surface area contributed by atoms with Gasteiger partial charge in [-0.15, -0.1) is 0 Å². The van der Waals surface area contributed by atoms with Gasteiger partial charge >= 0.3 is 0 Å². The first-order valence-electron chi connectivity index (χ1n) is 9.60. The van der Waals surface area contributed by atoms with Gasteiger partial charge in [-0.05, 0) is 38.1 Å². The van der Waals surface area contributed by atoms with Crippen LogP contribution in [-0.2, 0) is 9.47 Å². The van der Waals surface area contributed by atoms with E-state index in [1.807, 2.05) is 7.05 Å². The summed E-state index contributed by atoms with van der Waals surface area (Å²) in [6.45, 7) is 11.1. The highest BCUT2D eigenvalue weighted by Gasteiger charge is 2.16. The lowest BCUT2D eigenvalue weighted by atomic mass is 10.0. The summed E-state index contributed by atoms with van der Waals surface area (Å²) in [7, 11) is 1.83. The van der Waals surface area contributed by atoms with Crippen LogP contribution in [0, 0.1) is 11.8 Å². The van der Waals surface area contributed by atoms with Gasteiger partial charge in [0.05, 0.1) is 13.2 Å². The van der Waals surface area contributed by atoms with E-state index in [2.05, 4.69) is 27.4 Å². The molecule has 2 fully saturated rings. The molecule has 2 atom stereocenters. The van der Waals surface area contributed by atoms with Crippen LogP contribution in [0.25, 0.3) is 0 Å². The normalized spacial score (nSPS) is 25.8. The van der Waals surface area contributed by atoms with E-state index in [0.717, 1.165) is 70.8 Å². The summed E-state index contributed by atoms with van der Waals surface area (Å²) in [5.41, 5.74) is 0. The lowest BCUT2D eigenvalue weighted by Gasteiger charge is -2.30. The molecule has 0 bridgehead atoms. The molecule has 0 aromatic heterocycles. The molecule has 2 heterocycles. The Labute approximate surface area is 147 Å². The quantitative estimate of drug-likeness (QED) is 0.377. The number of nitrogens with one attached hydrogen (secondary N) is 2. The third kappa shape index (κ3) is 7.81. The molecular formula is C18H36N4O2. The predicted molar refractivity (Wildman–Crippen MR) is 98.6 cm³/mol. The van der Waals surface area contributed by atoms with Crippen molar-refractivity contribution in [3.63, 3.8) is 0 Å². The number of piperidine rings is 1. The fourth-order valence-electron chi connectivity index (χ4n) is 3.39. The molecule has 6 heteroatoms. The van der Waals surface area contributed by atoms with Gasteiger partial charge in [0.15, 0.2) is 5.96 Å². The average Bonchev–Trinajstić information content (AvgIpc) is 3.09. The van der Waals surface area contributed by atoms with E-state index in [-0.39, 0.29) is 0 Å². The standard InChI is InChI=1S/C18H36N4O2/c1-16-5-3-9-22(13-16)10-8-21-18(19-2)20-7-4-11-23-14-17-6-12-24-15-17/h16-17H,3-15H2,1-2H3,(H2,19,20,21). The molecule has 2 saturated heterocycles. The summed E-state index contributed by atoms with van der Waals surface area (Å²) in [4.78, 5) is 6.84. The second kappa shape index (κ2) is 11.7. The highest BCUT2D eigenvalue weighted by atomic mass is 16.5. The lowest BCUT2D eigenvalue weighted by Crippen LogP contribution is -2.44. The molecule has 0 radical (unpaired) electrons. The van der Waals surface area contributed by atoms with Gasteiger partial charge in [0.2, 0.25) is 0 Å². The van der Waals surface area contributed by atoms with E-state index < -0.39 is 0 Å². The first-order valence-corrected chi connectivity index (χ1v) is 9.60. The molecule has 2 aliphatic rings. The smallest absolute Gasteiger partial charge is 0.191 e. The van der Waals surface area contributed by atoms with Gasteiger partial charge in [-0.25, -0.2) is 0 Å². The zero-order valence-corrected chi connectivity index (χ0v) is 15.6. The van der Waals surface area contributed by atoms with E-state index in [4.69, 9.17) is 9.47 Å². The van der Waals surface area contributed by atoms with E-state index in [0.29, 0.717) is 5.92 Å². The number of aliphatic imine (C=N–C) groups is 1. The fraction of sp³-hybridized carbons (Fsp3) is 0.944. The molecule has 6 nitrogen and oxygen atoms in total. The molecule has 0 aromatic carbocycles. The number of rotatable bonds is 9. The maximum Gasteiger partial charge on any atom is 0.191 e. The van der Waals surface area contributed by atoms with Crippen molar-refractivity contribution in [3.8, 4) is 0 Å². The highest BCUT2D eigenvalue weighted by Crippen LogP contribution is 2.14. The topological polar surface area (TPSA) is 58.1 Å². The van der Waals surface area contributed by atoms with Gasteiger partial charge in [-0.2, -0.15) is 0 Å². The molecule has 0 saturated carbocycles. The van der Waals surface area contributed by atoms with Gasteiger partial charge in [0, 0.05) is 52.4 Å². The molecule has 0 spiro atoms. The average molecular weight is 341 g/mol. The monoisotopic (exact) mass is 340 g/mol. The zero-order chi connectivity index (χ0) is 17.0. The molecule has 24 heavy (non-hydrogen) atoms. The van der Waals surface area contributed by atoms with Crippen LogP contribution in [0.2, 0.25) is 0 Å². The van der Waals surface area contributed by atoms with Crippen LogP contribution in [0.4, 0.5) is 0 Å². The van der Waals surface area contributed by atoms with Crippen LogP contribution in [0.3, 0.4) is 0 Å². The summed E-state index contributed by atoms with van der Waals surface area (Å²) in [5.74, 6) is 2.33. The fourth-order valence-corrected chi connectivity index (χ4v) is 3.39. The highest BCUT2D eigenvalue weighted by molar-refractivity contribution is 5.79. The SMILES string of the molecule is CN=C(NCCCOCC1CCOC1)NCCN1CCCC(C)C1. The van der Waals surface area contributed by atoms with Gasteiger partial charge in [0.1, 0.15) is 0 Å². The number of likely N-dealkylation sites (tertiary alicyclic amines) is 1. The molecule has 2 unspecified atom stereocenters. The Morgan fingerprint density at radius 2 is 2.17 bits per heavy atom. The summed E-state index contributed by atoms with van der Waals surface area (Å²) in [6.07, 6.45) is 4.85. The van der Waals surface area contributed by atoms with E-state index in [9.17, 15) is 0 Å². The second-order valence-electron chi connectivity index (χ2n) is 7.13. The van der Waals surface area contributed by atoms with Crippen molar-refractivity contribution < 1.29 is 9.47 Å². The maximum absolute atomic E-state index is 5.72. The Morgan fingerprint density at radius 3 is 2.92 bits per heavy atom. The van der Waals surface area contributed by atoms with Crippen LogP contribution >= 0.6 is 0 Å². The summed E-state index contributed by atoms with van der Waals surface area (Å²) in [6, 6.07) is 0. The van der Waals surface area contributed by atoms with Gasteiger partial charge < -0.3 is 25.0 Å². The molecule has 0 aliphatic carbocycles. The molecule has 140 valence electrons. The third-order valence-corrected chi connectivity index (χ3v) is 4.82.